The van der Waals surface area contributed by atoms with Crippen LogP contribution in [0, 0.1) is 23.7 Å². The Labute approximate surface area is 95.8 Å². The van der Waals surface area contributed by atoms with Crippen molar-refractivity contribution in [2.45, 2.75) is 71.6 Å². The van der Waals surface area contributed by atoms with E-state index in [1.807, 2.05) is 0 Å². The molecule has 3 atom stereocenters. The second-order valence-corrected chi connectivity index (χ2v) is 6.38. The average Bonchev–Trinajstić information content (AvgIpc) is 2.16. The molecule has 0 spiro atoms. The van der Waals surface area contributed by atoms with E-state index in [0.717, 1.165) is 23.7 Å². The lowest BCUT2D eigenvalue weighted by Crippen LogP contribution is -2.24. The summed E-state index contributed by atoms with van der Waals surface area (Å²) in [5.74, 6) is 4.25. The van der Waals surface area contributed by atoms with Crippen molar-refractivity contribution >= 4 is 0 Å². The summed E-state index contributed by atoms with van der Waals surface area (Å²) in [5.41, 5.74) is 0. The molecule has 0 heteroatoms. The van der Waals surface area contributed by atoms with Gasteiger partial charge in [0.1, 0.15) is 0 Å². The molecule has 2 rings (SSSR count). The zero-order valence-electron chi connectivity index (χ0n) is 10.7. The monoisotopic (exact) mass is 208 g/mol. The molecule has 3 unspecified atom stereocenters. The van der Waals surface area contributed by atoms with Gasteiger partial charge in [-0.3, -0.25) is 0 Å². The minimum Gasteiger partial charge on any atom is -0.0625 e. The van der Waals surface area contributed by atoms with Gasteiger partial charge in [0.2, 0.25) is 0 Å². The van der Waals surface area contributed by atoms with E-state index in [1.165, 1.54) is 57.8 Å². The molecule has 0 aromatic rings. The van der Waals surface area contributed by atoms with Crippen LogP contribution in [0.15, 0.2) is 0 Å². The van der Waals surface area contributed by atoms with Gasteiger partial charge in [-0.05, 0) is 36.5 Å². The fourth-order valence-corrected chi connectivity index (χ4v) is 3.26. The van der Waals surface area contributed by atoms with Crippen molar-refractivity contribution in [3.63, 3.8) is 0 Å². The molecule has 2 aliphatic carbocycles. The maximum atomic E-state index is 2.48. The van der Waals surface area contributed by atoms with Crippen molar-refractivity contribution in [1.29, 1.82) is 0 Å². The van der Waals surface area contributed by atoms with Crippen molar-refractivity contribution in [2.75, 3.05) is 0 Å². The summed E-state index contributed by atoms with van der Waals surface area (Å²) in [6.45, 7) is 4.92. The Morgan fingerprint density at radius 2 is 1.93 bits per heavy atom. The normalized spacial score (nSPS) is 33.2. The maximum Gasteiger partial charge on any atom is -0.0386 e. The first-order chi connectivity index (χ1) is 7.25. The van der Waals surface area contributed by atoms with E-state index in [1.54, 1.807) is 0 Å². The molecule has 0 aromatic carbocycles. The Morgan fingerprint density at radius 3 is 2.40 bits per heavy atom. The summed E-state index contributed by atoms with van der Waals surface area (Å²) in [7, 11) is 0. The second kappa shape index (κ2) is 5.37. The Morgan fingerprint density at radius 1 is 1.13 bits per heavy atom. The fourth-order valence-electron chi connectivity index (χ4n) is 3.26. The van der Waals surface area contributed by atoms with Crippen LogP contribution in [0.2, 0.25) is 0 Å². The predicted octanol–water partition coefficient (Wildman–Crippen LogP) is 5.03. The van der Waals surface area contributed by atoms with E-state index < -0.39 is 0 Å². The first-order valence-electron chi connectivity index (χ1n) is 7.25. The molecule has 0 radical (unpaired) electrons. The zero-order valence-corrected chi connectivity index (χ0v) is 10.7. The summed E-state index contributed by atoms with van der Waals surface area (Å²) in [6.07, 6.45) is 13.7. The predicted molar refractivity (Wildman–Crippen MR) is 66.9 cm³/mol. The summed E-state index contributed by atoms with van der Waals surface area (Å²) < 4.78 is 0. The Kier molecular flexibility index (Phi) is 4.11. The molecule has 0 bridgehead atoms. The highest BCUT2D eigenvalue weighted by Crippen LogP contribution is 2.39. The van der Waals surface area contributed by atoms with Gasteiger partial charge in [-0.1, -0.05) is 58.8 Å². The lowest BCUT2D eigenvalue weighted by molar-refractivity contribution is 0.155. The quantitative estimate of drug-likeness (QED) is 0.574. The van der Waals surface area contributed by atoms with Crippen LogP contribution in [0.3, 0.4) is 0 Å². The third-order valence-corrected chi connectivity index (χ3v) is 5.04. The molecule has 0 amide bonds. The SMILES string of the molecule is CC(CCCC1CCC1)CC1CCC1C. The van der Waals surface area contributed by atoms with Crippen molar-refractivity contribution in [2.24, 2.45) is 23.7 Å². The summed E-state index contributed by atoms with van der Waals surface area (Å²) in [4.78, 5) is 0. The van der Waals surface area contributed by atoms with Crippen molar-refractivity contribution in [3.8, 4) is 0 Å². The fraction of sp³-hybridized carbons (Fsp3) is 1.00. The van der Waals surface area contributed by atoms with Crippen LogP contribution in [0.4, 0.5) is 0 Å². The maximum absolute atomic E-state index is 2.48. The molecule has 2 aliphatic rings. The van der Waals surface area contributed by atoms with E-state index in [-0.39, 0.29) is 0 Å². The lowest BCUT2D eigenvalue weighted by Gasteiger charge is -2.36. The van der Waals surface area contributed by atoms with Gasteiger partial charge in [0.05, 0.1) is 0 Å². The standard InChI is InChI=1S/C15H28/c1-12(11-15-10-9-13(15)2)5-3-6-14-7-4-8-14/h12-15H,3-11H2,1-2H3. The van der Waals surface area contributed by atoms with Crippen molar-refractivity contribution in [3.05, 3.63) is 0 Å². The molecule has 0 nitrogen and oxygen atoms in total. The molecule has 0 aliphatic heterocycles. The molecule has 88 valence electrons. The Balaban J connectivity index is 1.50. The van der Waals surface area contributed by atoms with Crippen LogP contribution >= 0.6 is 0 Å². The molecule has 15 heavy (non-hydrogen) atoms. The van der Waals surface area contributed by atoms with E-state index >= 15 is 0 Å². The molecule has 0 saturated heterocycles. The third kappa shape index (κ3) is 3.23. The van der Waals surface area contributed by atoms with Gasteiger partial charge in [-0.15, -0.1) is 0 Å². The molecule has 0 N–H and O–H groups in total. The summed E-state index contributed by atoms with van der Waals surface area (Å²) >= 11 is 0. The topological polar surface area (TPSA) is 0 Å². The Hall–Kier alpha value is 0. The van der Waals surface area contributed by atoms with Gasteiger partial charge >= 0.3 is 0 Å². The first-order valence-corrected chi connectivity index (χ1v) is 7.25. The molecule has 2 saturated carbocycles. The van der Waals surface area contributed by atoms with Crippen molar-refractivity contribution in [1.82, 2.24) is 0 Å². The van der Waals surface area contributed by atoms with E-state index in [0.29, 0.717) is 0 Å². The summed E-state index contributed by atoms with van der Waals surface area (Å²) in [6, 6.07) is 0. The second-order valence-electron chi connectivity index (χ2n) is 6.38. The van der Waals surface area contributed by atoms with E-state index in [4.69, 9.17) is 0 Å². The van der Waals surface area contributed by atoms with Crippen LogP contribution in [0.5, 0.6) is 0 Å². The zero-order chi connectivity index (χ0) is 10.7. The van der Waals surface area contributed by atoms with E-state index in [2.05, 4.69) is 13.8 Å². The first kappa shape index (κ1) is 11.5. The smallest absolute Gasteiger partial charge is 0.0386 e. The van der Waals surface area contributed by atoms with Crippen LogP contribution in [-0.2, 0) is 0 Å². The van der Waals surface area contributed by atoms with Gasteiger partial charge in [0.15, 0.2) is 0 Å². The molecule has 2 fully saturated rings. The molecule has 0 heterocycles. The van der Waals surface area contributed by atoms with Gasteiger partial charge < -0.3 is 0 Å². The number of hydrogen-bond donors (Lipinski definition) is 0. The number of rotatable bonds is 6. The van der Waals surface area contributed by atoms with Gasteiger partial charge in [0, 0.05) is 0 Å². The van der Waals surface area contributed by atoms with Gasteiger partial charge in [0.25, 0.3) is 0 Å². The average molecular weight is 208 g/mol. The number of hydrogen-bond acceptors (Lipinski definition) is 0. The van der Waals surface area contributed by atoms with Crippen molar-refractivity contribution < 1.29 is 0 Å². The van der Waals surface area contributed by atoms with E-state index in [9.17, 15) is 0 Å². The minimum atomic E-state index is 0.998. The van der Waals surface area contributed by atoms with Crippen LogP contribution in [0.25, 0.3) is 0 Å². The van der Waals surface area contributed by atoms with Crippen LogP contribution in [-0.4, -0.2) is 0 Å². The molecule has 0 aromatic heterocycles. The third-order valence-electron chi connectivity index (χ3n) is 5.04. The Bertz CT molecular complexity index is 180. The lowest BCUT2D eigenvalue weighted by atomic mass is 9.70. The highest BCUT2D eigenvalue weighted by Gasteiger charge is 2.27. The molecular weight excluding hydrogens is 180 g/mol. The summed E-state index contributed by atoms with van der Waals surface area (Å²) in [5, 5.41) is 0. The highest BCUT2D eigenvalue weighted by atomic mass is 14.3. The largest absolute Gasteiger partial charge is 0.0625 e. The van der Waals surface area contributed by atoms with Crippen LogP contribution in [0.1, 0.15) is 71.6 Å². The van der Waals surface area contributed by atoms with Crippen LogP contribution < -0.4 is 0 Å². The van der Waals surface area contributed by atoms with Gasteiger partial charge in [-0.25, -0.2) is 0 Å². The van der Waals surface area contributed by atoms with Gasteiger partial charge in [-0.2, -0.15) is 0 Å². The highest BCUT2D eigenvalue weighted by molar-refractivity contribution is 4.79. The minimum absolute atomic E-state index is 0.998. The molecular formula is C15H28.